The zero-order valence-electron chi connectivity index (χ0n) is 11.3. The summed E-state index contributed by atoms with van der Waals surface area (Å²) in [6.07, 6.45) is 0.984. The summed E-state index contributed by atoms with van der Waals surface area (Å²) in [7, 11) is -2.02. The summed E-state index contributed by atoms with van der Waals surface area (Å²) < 4.78 is 26.5. The third kappa shape index (κ3) is 3.08. The largest absolute Gasteiger partial charge is 0.369 e. The summed E-state index contributed by atoms with van der Waals surface area (Å²) in [6, 6.07) is 7.16. The normalized spacial score (nSPS) is 24.5. The number of rotatable bonds is 3. The second-order valence-electron chi connectivity index (χ2n) is 5.18. The van der Waals surface area contributed by atoms with Crippen LogP contribution in [-0.4, -0.2) is 34.6 Å². The van der Waals surface area contributed by atoms with Crippen LogP contribution in [0.25, 0.3) is 0 Å². The van der Waals surface area contributed by atoms with Crippen molar-refractivity contribution in [3.63, 3.8) is 0 Å². The Labute approximate surface area is 114 Å². The molecule has 0 amide bonds. The number of hydrogen-bond donors (Lipinski definition) is 2. The smallest absolute Gasteiger partial charge is 0.242 e. The Kier molecular flexibility index (Phi) is 4.13. The van der Waals surface area contributed by atoms with Crippen molar-refractivity contribution in [1.29, 1.82) is 0 Å². The molecule has 3 N–H and O–H groups in total. The van der Waals surface area contributed by atoms with Gasteiger partial charge in [0.15, 0.2) is 0 Å². The summed E-state index contributed by atoms with van der Waals surface area (Å²) >= 11 is 0. The summed E-state index contributed by atoms with van der Waals surface area (Å²) in [6.45, 7) is 3.67. The second kappa shape index (κ2) is 5.48. The van der Waals surface area contributed by atoms with Gasteiger partial charge >= 0.3 is 0 Å². The van der Waals surface area contributed by atoms with Gasteiger partial charge in [0.05, 0.1) is 5.69 Å². The fourth-order valence-electron chi connectivity index (χ4n) is 2.65. The molecule has 1 aromatic carbocycles. The molecular formula is C13H21N3O2S. The molecule has 0 aliphatic carbocycles. The van der Waals surface area contributed by atoms with Crippen molar-refractivity contribution in [2.45, 2.75) is 24.3 Å². The minimum absolute atomic E-state index is 0.0918. The number of sulfonamides is 1. The first-order valence-electron chi connectivity index (χ1n) is 6.47. The summed E-state index contributed by atoms with van der Waals surface area (Å²) in [5.74, 6) is 0.467. The number of hydrogen-bond acceptors (Lipinski definition) is 4. The molecule has 1 aliphatic rings. The fraction of sp³-hybridized carbons (Fsp3) is 0.538. The molecule has 1 aromatic rings. The maximum Gasteiger partial charge on any atom is 0.242 e. The number of nitrogens with one attached hydrogen (secondary N) is 1. The maximum atomic E-state index is 12.1. The second-order valence-corrected chi connectivity index (χ2v) is 7.04. The molecule has 106 valence electrons. The van der Waals surface area contributed by atoms with Crippen molar-refractivity contribution in [2.24, 2.45) is 11.7 Å². The lowest BCUT2D eigenvalue weighted by Crippen LogP contribution is -2.47. The molecule has 0 saturated carbocycles. The third-order valence-electron chi connectivity index (χ3n) is 3.46. The van der Waals surface area contributed by atoms with E-state index in [0.717, 1.165) is 18.7 Å². The maximum absolute atomic E-state index is 12.1. The predicted molar refractivity (Wildman–Crippen MR) is 76.7 cm³/mol. The van der Waals surface area contributed by atoms with E-state index in [1.807, 2.05) is 12.1 Å². The van der Waals surface area contributed by atoms with Crippen LogP contribution >= 0.6 is 0 Å². The Morgan fingerprint density at radius 2 is 2.00 bits per heavy atom. The van der Waals surface area contributed by atoms with Crippen LogP contribution in [0.5, 0.6) is 0 Å². The zero-order valence-corrected chi connectivity index (χ0v) is 12.2. The molecule has 0 aromatic heterocycles. The Balaban J connectivity index is 2.40. The van der Waals surface area contributed by atoms with Gasteiger partial charge < -0.3 is 10.6 Å². The Morgan fingerprint density at radius 1 is 1.32 bits per heavy atom. The van der Waals surface area contributed by atoms with Gasteiger partial charge in [-0.3, -0.25) is 0 Å². The van der Waals surface area contributed by atoms with Gasteiger partial charge in [-0.15, -0.1) is 0 Å². The molecule has 5 nitrogen and oxygen atoms in total. The molecule has 2 unspecified atom stereocenters. The Bertz CT molecular complexity index is 535. The predicted octanol–water partition coefficient (Wildman–Crippen LogP) is 0.768. The number of nitrogens with two attached hydrogens (primary N) is 1. The van der Waals surface area contributed by atoms with E-state index in [-0.39, 0.29) is 6.04 Å². The molecule has 1 fully saturated rings. The van der Waals surface area contributed by atoms with Gasteiger partial charge in [0.1, 0.15) is 4.90 Å². The average molecular weight is 283 g/mol. The standard InChI is InChI=1S/C13H21N3O2S/c1-10-7-11(14)9-16(8-10)12-5-3-4-6-13(12)19(17,18)15-2/h3-6,10-11,15H,7-9,14H2,1-2H3. The van der Waals surface area contributed by atoms with E-state index in [4.69, 9.17) is 5.73 Å². The number of piperidine rings is 1. The van der Waals surface area contributed by atoms with Crippen molar-refractivity contribution < 1.29 is 8.42 Å². The fourth-order valence-corrected chi connectivity index (χ4v) is 3.60. The first kappa shape index (κ1) is 14.3. The minimum Gasteiger partial charge on any atom is -0.369 e. The number of benzene rings is 1. The number of para-hydroxylation sites is 1. The van der Waals surface area contributed by atoms with E-state index in [1.165, 1.54) is 7.05 Å². The van der Waals surface area contributed by atoms with Crippen LogP contribution in [-0.2, 0) is 10.0 Å². The molecule has 0 bridgehead atoms. The van der Waals surface area contributed by atoms with Gasteiger partial charge in [-0.2, -0.15) is 0 Å². The lowest BCUT2D eigenvalue weighted by molar-refractivity contribution is 0.400. The van der Waals surface area contributed by atoms with Gasteiger partial charge in [0, 0.05) is 19.1 Å². The van der Waals surface area contributed by atoms with Crippen LogP contribution in [0.4, 0.5) is 5.69 Å². The van der Waals surface area contributed by atoms with E-state index in [9.17, 15) is 8.42 Å². The molecule has 2 rings (SSSR count). The van der Waals surface area contributed by atoms with E-state index in [0.29, 0.717) is 17.4 Å². The van der Waals surface area contributed by atoms with Gasteiger partial charge in [0.2, 0.25) is 10.0 Å². The van der Waals surface area contributed by atoms with E-state index in [1.54, 1.807) is 12.1 Å². The molecule has 1 saturated heterocycles. The van der Waals surface area contributed by atoms with Crippen LogP contribution in [0.1, 0.15) is 13.3 Å². The highest BCUT2D eigenvalue weighted by Gasteiger charge is 2.26. The molecule has 0 radical (unpaired) electrons. The van der Waals surface area contributed by atoms with Crippen molar-refractivity contribution >= 4 is 15.7 Å². The molecule has 6 heteroatoms. The molecular weight excluding hydrogens is 262 g/mol. The zero-order chi connectivity index (χ0) is 14.0. The number of anilines is 1. The van der Waals surface area contributed by atoms with Crippen LogP contribution in [0.2, 0.25) is 0 Å². The van der Waals surface area contributed by atoms with Crippen molar-refractivity contribution in [3.05, 3.63) is 24.3 Å². The van der Waals surface area contributed by atoms with Crippen LogP contribution in [0.15, 0.2) is 29.2 Å². The first-order chi connectivity index (χ1) is 8.94. The topological polar surface area (TPSA) is 75.4 Å². The molecule has 2 atom stereocenters. The van der Waals surface area contributed by atoms with Gasteiger partial charge in [-0.05, 0) is 31.5 Å². The highest BCUT2D eigenvalue weighted by molar-refractivity contribution is 7.89. The van der Waals surface area contributed by atoms with E-state index in [2.05, 4.69) is 16.5 Å². The van der Waals surface area contributed by atoms with Gasteiger partial charge in [-0.25, -0.2) is 13.1 Å². The quantitative estimate of drug-likeness (QED) is 0.859. The monoisotopic (exact) mass is 283 g/mol. The van der Waals surface area contributed by atoms with Crippen molar-refractivity contribution in [1.82, 2.24) is 4.72 Å². The lowest BCUT2D eigenvalue weighted by atomic mass is 9.96. The summed E-state index contributed by atoms with van der Waals surface area (Å²) in [4.78, 5) is 2.39. The van der Waals surface area contributed by atoms with Crippen LogP contribution in [0.3, 0.4) is 0 Å². The van der Waals surface area contributed by atoms with Gasteiger partial charge in [0.25, 0.3) is 0 Å². The highest BCUT2D eigenvalue weighted by atomic mass is 32.2. The molecule has 1 heterocycles. The van der Waals surface area contributed by atoms with Gasteiger partial charge in [-0.1, -0.05) is 19.1 Å². The van der Waals surface area contributed by atoms with Crippen molar-refractivity contribution in [3.8, 4) is 0 Å². The summed E-state index contributed by atoms with van der Waals surface area (Å²) in [5, 5.41) is 0. The minimum atomic E-state index is -3.45. The molecule has 1 aliphatic heterocycles. The Morgan fingerprint density at radius 3 is 2.63 bits per heavy atom. The van der Waals surface area contributed by atoms with Crippen molar-refractivity contribution in [2.75, 3.05) is 25.0 Å². The SMILES string of the molecule is CNS(=O)(=O)c1ccccc1N1CC(C)CC(N)C1. The van der Waals surface area contributed by atoms with Crippen LogP contribution in [0, 0.1) is 5.92 Å². The first-order valence-corrected chi connectivity index (χ1v) is 7.95. The van der Waals surface area contributed by atoms with E-state index >= 15 is 0 Å². The lowest BCUT2D eigenvalue weighted by Gasteiger charge is -2.37. The Hall–Kier alpha value is -1.11. The molecule has 19 heavy (non-hydrogen) atoms. The number of nitrogens with zero attached hydrogens (tertiary/aromatic N) is 1. The molecule has 0 spiro atoms. The average Bonchev–Trinajstić information content (AvgIpc) is 2.37. The summed E-state index contributed by atoms with van der Waals surface area (Å²) in [5.41, 5.74) is 6.77. The van der Waals surface area contributed by atoms with Crippen LogP contribution < -0.4 is 15.4 Å². The van der Waals surface area contributed by atoms with E-state index < -0.39 is 10.0 Å². The highest BCUT2D eigenvalue weighted by Crippen LogP contribution is 2.28. The third-order valence-corrected chi connectivity index (χ3v) is 4.92.